The van der Waals surface area contributed by atoms with Gasteiger partial charge < -0.3 is 10.1 Å². The Morgan fingerprint density at radius 2 is 2.11 bits per heavy atom. The van der Waals surface area contributed by atoms with Crippen LogP contribution in [0.3, 0.4) is 0 Å². The van der Waals surface area contributed by atoms with E-state index in [4.69, 9.17) is 4.74 Å². The van der Waals surface area contributed by atoms with Gasteiger partial charge in [-0.3, -0.25) is 4.79 Å². The van der Waals surface area contributed by atoms with Crippen LogP contribution >= 0.6 is 0 Å². The number of hydrogen-bond acceptors (Lipinski definition) is 5. The number of morpholine rings is 1. The molecule has 1 N–H and O–H groups in total. The van der Waals surface area contributed by atoms with Crippen molar-refractivity contribution in [2.45, 2.75) is 19.4 Å². The third kappa shape index (κ3) is 4.13. The third-order valence-electron chi connectivity index (χ3n) is 4.69. The summed E-state index contributed by atoms with van der Waals surface area (Å²) in [5, 5.41) is 11.5. The predicted molar refractivity (Wildman–Crippen MR) is 102 cm³/mol. The number of nitrogens with one attached hydrogen (secondary N) is 1. The van der Waals surface area contributed by atoms with Crippen LogP contribution < -0.4 is 5.32 Å². The van der Waals surface area contributed by atoms with Crippen LogP contribution in [0.4, 0.5) is 0 Å². The van der Waals surface area contributed by atoms with Crippen LogP contribution in [-0.4, -0.2) is 40.5 Å². The van der Waals surface area contributed by atoms with E-state index in [2.05, 4.69) is 15.6 Å². The number of hydrogen-bond donors (Lipinski definition) is 1. The largest absolute Gasteiger partial charge is 0.371 e. The summed E-state index contributed by atoms with van der Waals surface area (Å²) in [5.74, 6) is -0.0442. The van der Waals surface area contributed by atoms with Gasteiger partial charge in [-0.05, 0) is 35.7 Å². The molecule has 0 amide bonds. The third-order valence-corrected chi connectivity index (χ3v) is 4.69. The van der Waals surface area contributed by atoms with E-state index in [9.17, 15) is 4.79 Å². The molecule has 0 aliphatic carbocycles. The zero-order valence-electron chi connectivity index (χ0n) is 15.3. The van der Waals surface area contributed by atoms with Crippen molar-refractivity contribution in [2.24, 2.45) is 0 Å². The lowest BCUT2D eigenvalue weighted by molar-refractivity contribution is 0.0277. The first-order valence-corrected chi connectivity index (χ1v) is 9.13. The lowest BCUT2D eigenvalue weighted by Crippen LogP contribution is -2.33. The highest BCUT2D eigenvalue weighted by molar-refractivity contribution is 5.95. The van der Waals surface area contributed by atoms with Gasteiger partial charge in [0.15, 0.2) is 5.78 Å². The van der Waals surface area contributed by atoms with Crippen molar-refractivity contribution >= 4 is 5.78 Å². The number of aromatic nitrogens is 3. The molecule has 138 valence electrons. The highest BCUT2D eigenvalue weighted by Crippen LogP contribution is 2.19. The molecule has 1 aliphatic rings. The molecule has 3 aromatic rings. The van der Waals surface area contributed by atoms with E-state index in [0.717, 1.165) is 42.1 Å². The van der Waals surface area contributed by atoms with Gasteiger partial charge in [0.05, 0.1) is 24.6 Å². The van der Waals surface area contributed by atoms with Crippen LogP contribution in [0.15, 0.2) is 54.7 Å². The van der Waals surface area contributed by atoms with Crippen molar-refractivity contribution < 1.29 is 9.53 Å². The Morgan fingerprint density at radius 1 is 1.26 bits per heavy atom. The number of benzene rings is 2. The fourth-order valence-electron chi connectivity index (χ4n) is 3.19. The Morgan fingerprint density at radius 3 is 2.85 bits per heavy atom. The fraction of sp³-hybridized carbons (Fsp3) is 0.286. The number of carbonyl (C=O) groups excluding carboxylic acids is 1. The first kappa shape index (κ1) is 17.6. The summed E-state index contributed by atoms with van der Waals surface area (Å²) in [6.45, 7) is 4.46. The van der Waals surface area contributed by atoms with Crippen LogP contribution in [0.25, 0.3) is 5.69 Å². The second-order valence-electron chi connectivity index (χ2n) is 6.79. The predicted octanol–water partition coefficient (Wildman–Crippen LogP) is 2.66. The molecule has 1 atom stereocenters. The normalized spacial score (nSPS) is 17.0. The van der Waals surface area contributed by atoms with Crippen molar-refractivity contribution in [1.82, 2.24) is 20.3 Å². The molecule has 0 bridgehead atoms. The number of ketones is 1. The Kier molecular flexibility index (Phi) is 5.09. The number of Topliss-reactive ketones (excluding diaryl/α,β-unsaturated/α-hetero) is 1. The van der Waals surface area contributed by atoms with E-state index in [-0.39, 0.29) is 11.9 Å². The average molecular weight is 362 g/mol. The average Bonchev–Trinajstić information content (AvgIpc) is 3.20. The summed E-state index contributed by atoms with van der Waals surface area (Å²) in [5.41, 5.74) is 4.49. The molecule has 4 rings (SSSR count). The number of rotatable bonds is 5. The smallest absolute Gasteiger partial charge is 0.189 e. The standard InChI is InChI=1S/C21H22N4O2/c1-15-3-2-4-18(11-15)25-14-19(23-24-25)20(26)12-16-5-7-17(8-6-16)21-13-22-9-10-27-21/h2-8,11,14,21-22H,9-10,12-13H2,1H3/t21-/m1/s1. The highest BCUT2D eigenvalue weighted by Gasteiger charge is 2.16. The van der Waals surface area contributed by atoms with Crippen molar-refractivity contribution in [1.29, 1.82) is 0 Å². The maximum atomic E-state index is 12.6. The Balaban J connectivity index is 1.43. The molecular formula is C21H22N4O2. The number of carbonyl (C=O) groups is 1. The summed E-state index contributed by atoms with van der Waals surface area (Å²) < 4.78 is 7.39. The van der Waals surface area contributed by atoms with Gasteiger partial charge >= 0.3 is 0 Å². The molecule has 1 aromatic heterocycles. The van der Waals surface area contributed by atoms with Crippen LogP contribution in [-0.2, 0) is 11.2 Å². The summed E-state index contributed by atoms with van der Waals surface area (Å²) >= 11 is 0. The van der Waals surface area contributed by atoms with E-state index >= 15 is 0 Å². The minimum atomic E-state index is -0.0442. The van der Waals surface area contributed by atoms with Gasteiger partial charge in [0, 0.05) is 19.5 Å². The Bertz CT molecular complexity index is 927. The van der Waals surface area contributed by atoms with Crippen molar-refractivity contribution in [3.63, 3.8) is 0 Å². The van der Waals surface area contributed by atoms with E-state index < -0.39 is 0 Å². The molecule has 0 radical (unpaired) electrons. The Hall–Kier alpha value is -2.83. The van der Waals surface area contributed by atoms with E-state index in [1.807, 2.05) is 55.5 Å². The number of nitrogens with zero attached hydrogens (tertiary/aromatic N) is 3. The molecule has 1 saturated heterocycles. The van der Waals surface area contributed by atoms with Crippen LogP contribution in [0.5, 0.6) is 0 Å². The summed E-state index contributed by atoms with van der Waals surface area (Å²) in [6.07, 6.45) is 2.07. The SMILES string of the molecule is Cc1cccc(-n2cc(C(=O)Cc3ccc([C@H]4CNCCO4)cc3)nn2)c1. The first-order chi connectivity index (χ1) is 13.2. The zero-order valence-corrected chi connectivity index (χ0v) is 15.3. The van der Waals surface area contributed by atoms with E-state index in [1.54, 1.807) is 10.9 Å². The van der Waals surface area contributed by atoms with Gasteiger partial charge in [-0.25, -0.2) is 4.68 Å². The highest BCUT2D eigenvalue weighted by atomic mass is 16.5. The molecule has 27 heavy (non-hydrogen) atoms. The van der Waals surface area contributed by atoms with Gasteiger partial charge in [-0.1, -0.05) is 41.6 Å². The van der Waals surface area contributed by atoms with E-state index in [1.165, 1.54) is 0 Å². The van der Waals surface area contributed by atoms with Crippen LogP contribution in [0, 0.1) is 6.92 Å². The molecule has 1 fully saturated rings. The molecular weight excluding hydrogens is 340 g/mol. The molecule has 2 aromatic carbocycles. The number of aryl methyl sites for hydroxylation is 1. The van der Waals surface area contributed by atoms with Crippen LogP contribution in [0.2, 0.25) is 0 Å². The first-order valence-electron chi connectivity index (χ1n) is 9.13. The molecule has 6 nitrogen and oxygen atoms in total. The molecule has 2 heterocycles. The molecule has 0 spiro atoms. The van der Waals surface area contributed by atoms with Crippen molar-refractivity contribution in [2.75, 3.05) is 19.7 Å². The van der Waals surface area contributed by atoms with Gasteiger partial charge in [0.2, 0.25) is 0 Å². The summed E-state index contributed by atoms with van der Waals surface area (Å²) in [4.78, 5) is 12.6. The molecule has 0 saturated carbocycles. The maximum absolute atomic E-state index is 12.6. The van der Waals surface area contributed by atoms with Crippen molar-refractivity contribution in [3.05, 3.63) is 77.1 Å². The topological polar surface area (TPSA) is 69.0 Å². The minimum Gasteiger partial charge on any atom is -0.371 e. The van der Waals surface area contributed by atoms with Gasteiger partial charge in [0.1, 0.15) is 5.69 Å². The lowest BCUT2D eigenvalue weighted by Gasteiger charge is -2.24. The molecule has 1 aliphatic heterocycles. The quantitative estimate of drug-likeness (QED) is 0.707. The summed E-state index contributed by atoms with van der Waals surface area (Å²) in [7, 11) is 0. The van der Waals surface area contributed by atoms with Gasteiger partial charge in [-0.2, -0.15) is 0 Å². The second kappa shape index (κ2) is 7.82. The molecule has 0 unspecified atom stereocenters. The van der Waals surface area contributed by atoms with Gasteiger partial charge in [0.25, 0.3) is 0 Å². The maximum Gasteiger partial charge on any atom is 0.189 e. The van der Waals surface area contributed by atoms with Crippen molar-refractivity contribution in [3.8, 4) is 5.69 Å². The monoisotopic (exact) mass is 362 g/mol. The lowest BCUT2D eigenvalue weighted by atomic mass is 10.0. The second-order valence-corrected chi connectivity index (χ2v) is 6.79. The summed E-state index contributed by atoms with van der Waals surface area (Å²) in [6, 6.07) is 16.0. The number of ether oxygens (including phenoxy) is 1. The molecule has 6 heteroatoms. The zero-order chi connectivity index (χ0) is 18.6. The van der Waals surface area contributed by atoms with E-state index in [0.29, 0.717) is 12.1 Å². The van der Waals surface area contributed by atoms with Crippen LogP contribution in [0.1, 0.15) is 33.3 Å². The Labute approximate surface area is 158 Å². The van der Waals surface area contributed by atoms with Gasteiger partial charge in [-0.15, -0.1) is 5.10 Å². The fourth-order valence-corrected chi connectivity index (χ4v) is 3.19. The minimum absolute atomic E-state index is 0.0442.